The number of phenolic OH excluding ortho intramolecular Hbond substituents is 2. The molecule has 0 aliphatic heterocycles. The van der Waals surface area contributed by atoms with Crippen LogP contribution in [0, 0.1) is 13.8 Å². The Kier molecular flexibility index (Phi) is 5.71. The van der Waals surface area contributed by atoms with Crippen LogP contribution in [0.5, 0.6) is 11.5 Å². The molecule has 0 unspecified atom stereocenters. The van der Waals surface area contributed by atoms with Gasteiger partial charge < -0.3 is 31.8 Å². The molecule has 0 saturated carbocycles. The Labute approximate surface area is 197 Å². The number of carbonyl (C=O) groups excluding carboxylic acids is 3. The second-order valence-electron chi connectivity index (χ2n) is 7.56. The summed E-state index contributed by atoms with van der Waals surface area (Å²) in [5.41, 5.74) is -1.59. The molecule has 2 aliphatic rings. The summed E-state index contributed by atoms with van der Waals surface area (Å²) in [6.07, 6.45) is -1.55. The zero-order valence-electron chi connectivity index (χ0n) is 16.5. The monoisotopic (exact) mass is 484 g/mol. The van der Waals surface area contributed by atoms with E-state index in [0.717, 1.165) is 0 Å². The third-order valence-corrected chi connectivity index (χ3v) is 5.91. The summed E-state index contributed by atoms with van der Waals surface area (Å²) >= 11 is 0. The van der Waals surface area contributed by atoms with E-state index in [9.17, 15) is 29.7 Å². The Morgan fingerprint density at radius 1 is 1.13 bits per heavy atom. The number of ether oxygens (including phenoxy) is 1. The summed E-state index contributed by atoms with van der Waals surface area (Å²) in [6.45, 7) is 4.95. The molecule has 2 aromatic rings. The van der Waals surface area contributed by atoms with E-state index in [1.54, 1.807) is 19.1 Å². The van der Waals surface area contributed by atoms with Crippen LogP contribution in [-0.2, 0) is 48.7 Å². The van der Waals surface area contributed by atoms with E-state index in [2.05, 4.69) is 6.92 Å². The Bertz CT molecular complexity index is 1120. The molecular formula is C22H19O7Y-. The number of fused-ring (bicyclic) bond motifs is 3. The van der Waals surface area contributed by atoms with Crippen LogP contribution >= 0.6 is 0 Å². The summed E-state index contributed by atoms with van der Waals surface area (Å²) in [5, 5.41) is 32.6. The average Bonchev–Trinajstić information content (AvgIpc) is 2.67. The van der Waals surface area contributed by atoms with Crippen LogP contribution in [0.4, 0.5) is 0 Å². The largest absolute Gasteiger partial charge is 0.507 e. The van der Waals surface area contributed by atoms with E-state index in [0.29, 0.717) is 5.56 Å². The molecule has 0 spiro atoms. The molecule has 2 atom stereocenters. The number of Topliss-reactive ketones (excluding diaryl/α,β-unsaturated/α-hetero) is 1. The maximum absolute atomic E-state index is 13.2. The molecule has 0 heterocycles. The number of aryl methyl sites for hydroxylation is 1. The van der Waals surface area contributed by atoms with E-state index in [1.165, 1.54) is 13.2 Å². The number of carbonyl (C=O) groups is 3. The SMILES string of the molecule is [CH2-]C(=O)[C@]1(O)Cc2c(O)c3c(c(O)c2[C@@H](OC)C1)C(=O)c1c(C)cccc1C3=O.[Y]. The average molecular weight is 484 g/mol. The Morgan fingerprint density at radius 3 is 2.37 bits per heavy atom. The van der Waals surface area contributed by atoms with Gasteiger partial charge in [0.25, 0.3) is 0 Å². The third-order valence-electron chi connectivity index (χ3n) is 5.91. The van der Waals surface area contributed by atoms with Gasteiger partial charge in [-0.05, 0) is 12.5 Å². The first-order valence-corrected chi connectivity index (χ1v) is 9.03. The standard InChI is InChI=1S/C22H19O7.Y/c1-9-5-4-6-11-14(9)20(26)17-16(18(11)24)19(25)12-7-22(28,10(2)23)8-13(29-3)15(12)21(17)27;/h4-6,13,25,27-28H,2,7-8H2,1,3H3;/q-1;/t13-,22-;/m0./s1. The maximum Gasteiger partial charge on any atom is 0.198 e. The third kappa shape index (κ3) is 2.95. The second-order valence-corrected chi connectivity index (χ2v) is 7.56. The van der Waals surface area contributed by atoms with Crippen molar-refractivity contribution in [2.45, 2.75) is 31.5 Å². The Morgan fingerprint density at radius 2 is 1.77 bits per heavy atom. The molecule has 7 nitrogen and oxygen atoms in total. The van der Waals surface area contributed by atoms with Gasteiger partial charge in [0.15, 0.2) is 11.6 Å². The summed E-state index contributed by atoms with van der Waals surface area (Å²) < 4.78 is 5.34. The van der Waals surface area contributed by atoms with E-state index >= 15 is 0 Å². The van der Waals surface area contributed by atoms with Gasteiger partial charge in [-0.25, -0.2) is 0 Å². The normalized spacial score (nSPS) is 21.9. The smallest absolute Gasteiger partial charge is 0.198 e. The number of aliphatic hydroxyl groups is 1. The van der Waals surface area contributed by atoms with E-state index in [1.807, 2.05) is 0 Å². The minimum atomic E-state index is -1.93. The van der Waals surface area contributed by atoms with Crippen molar-refractivity contribution in [2.24, 2.45) is 0 Å². The van der Waals surface area contributed by atoms with Gasteiger partial charge in [-0.2, -0.15) is 0 Å². The molecule has 0 aromatic heterocycles. The molecule has 3 N–H and O–H groups in total. The second kappa shape index (κ2) is 7.57. The van der Waals surface area contributed by atoms with E-state index in [-0.39, 0.29) is 78.9 Å². The number of methoxy groups -OCH3 is 1. The minimum absolute atomic E-state index is 0. The van der Waals surface area contributed by atoms with Gasteiger partial charge >= 0.3 is 0 Å². The maximum atomic E-state index is 13.2. The van der Waals surface area contributed by atoms with Gasteiger partial charge in [-0.1, -0.05) is 18.2 Å². The van der Waals surface area contributed by atoms with Gasteiger partial charge in [0.2, 0.25) is 0 Å². The number of hydrogen-bond acceptors (Lipinski definition) is 7. The minimum Gasteiger partial charge on any atom is -0.507 e. The van der Waals surface area contributed by atoms with Crippen molar-refractivity contribution in [3.05, 3.63) is 64.1 Å². The first-order chi connectivity index (χ1) is 13.6. The van der Waals surface area contributed by atoms with Crippen LogP contribution in [0.3, 0.4) is 0 Å². The van der Waals surface area contributed by atoms with Crippen LogP contribution < -0.4 is 0 Å². The molecule has 0 bridgehead atoms. The number of ketones is 3. The molecule has 0 fully saturated rings. The van der Waals surface area contributed by atoms with Crippen molar-refractivity contribution >= 4 is 17.3 Å². The van der Waals surface area contributed by atoms with Crippen LogP contribution in [-0.4, -0.2) is 45.4 Å². The summed E-state index contributed by atoms with van der Waals surface area (Å²) in [6, 6.07) is 4.79. The predicted octanol–water partition coefficient (Wildman–Crippen LogP) is 1.95. The van der Waals surface area contributed by atoms with E-state index in [4.69, 9.17) is 4.74 Å². The zero-order valence-corrected chi connectivity index (χ0v) is 19.3. The first-order valence-electron chi connectivity index (χ1n) is 9.03. The molecule has 0 saturated heterocycles. The molecular weight excluding hydrogens is 465 g/mol. The summed E-state index contributed by atoms with van der Waals surface area (Å²) in [4.78, 5) is 38.2. The van der Waals surface area contributed by atoms with Gasteiger partial charge in [0.1, 0.15) is 17.1 Å². The number of aromatic hydroxyl groups is 2. The molecule has 2 aromatic carbocycles. The van der Waals surface area contributed by atoms with Crippen LogP contribution in [0.2, 0.25) is 0 Å². The molecule has 153 valence electrons. The molecule has 8 heteroatoms. The number of phenols is 2. The molecule has 0 amide bonds. The Hall–Kier alpha value is -2.06. The van der Waals surface area contributed by atoms with Crippen LogP contribution in [0.15, 0.2) is 18.2 Å². The van der Waals surface area contributed by atoms with Crippen LogP contribution in [0.1, 0.15) is 61.1 Å². The quantitative estimate of drug-likeness (QED) is 0.376. The molecule has 1 radical (unpaired) electrons. The molecule has 30 heavy (non-hydrogen) atoms. The van der Waals surface area contributed by atoms with Gasteiger partial charge in [0.05, 0.1) is 17.2 Å². The van der Waals surface area contributed by atoms with Crippen molar-refractivity contribution in [3.63, 3.8) is 0 Å². The van der Waals surface area contributed by atoms with Crippen molar-refractivity contribution < 1.29 is 67.1 Å². The van der Waals surface area contributed by atoms with Crippen LogP contribution in [0.25, 0.3) is 0 Å². The topological polar surface area (TPSA) is 121 Å². The molecule has 2 aliphatic carbocycles. The van der Waals surface area contributed by atoms with Gasteiger partial charge in [-0.15, -0.1) is 0 Å². The van der Waals surface area contributed by atoms with Crippen molar-refractivity contribution in [1.82, 2.24) is 0 Å². The van der Waals surface area contributed by atoms with Crippen molar-refractivity contribution in [1.29, 1.82) is 0 Å². The van der Waals surface area contributed by atoms with Gasteiger partial charge in [-0.3, -0.25) is 9.59 Å². The predicted molar refractivity (Wildman–Crippen MR) is 101 cm³/mol. The van der Waals surface area contributed by atoms with E-state index < -0.39 is 40.6 Å². The zero-order chi connectivity index (χ0) is 21.2. The number of hydrogen-bond donors (Lipinski definition) is 3. The fourth-order valence-electron chi connectivity index (χ4n) is 4.37. The summed E-state index contributed by atoms with van der Waals surface area (Å²) in [7, 11) is 1.32. The Balaban J connectivity index is 0.00000256. The fraction of sp³-hybridized carbons (Fsp3) is 0.273. The van der Waals surface area contributed by atoms with Crippen molar-refractivity contribution in [3.8, 4) is 11.5 Å². The van der Waals surface area contributed by atoms with Crippen molar-refractivity contribution in [2.75, 3.05) is 7.11 Å². The number of rotatable bonds is 2. The first kappa shape index (κ1) is 22.6. The summed E-state index contributed by atoms with van der Waals surface area (Å²) in [5.74, 6) is -2.99. The van der Waals surface area contributed by atoms with Gasteiger partial charge in [0, 0.05) is 80.7 Å². The number of benzene rings is 2. The fourth-order valence-corrected chi connectivity index (χ4v) is 4.37. The molecule has 4 rings (SSSR count).